The van der Waals surface area contributed by atoms with Crippen LogP contribution in [0.3, 0.4) is 0 Å². The van der Waals surface area contributed by atoms with Crippen LogP contribution in [0, 0.1) is 20.8 Å². The first kappa shape index (κ1) is 28.9. The molecule has 38 heavy (non-hydrogen) atoms. The molecule has 0 aliphatic heterocycles. The Balaban J connectivity index is 2.09. The molecule has 3 aromatic carbocycles. The van der Waals surface area contributed by atoms with Gasteiger partial charge in [0.1, 0.15) is 12.6 Å². The van der Waals surface area contributed by atoms with Crippen LogP contribution in [0.2, 0.25) is 0 Å². The molecule has 3 aromatic rings. The van der Waals surface area contributed by atoms with Crippen LogP contribution >= 0.6 is 0 Å². The quantitative estimate of drug-likeness (QED) is 0.384. The summed E-state index contributed by atoms with van der Waals surface area (Å²) in [4.78, 5) is 28.6. The fourth-order valence-corrected chi connectivity index (χ4v) is 5.82. The summed E-state index contributed by atoms with van der Waals surface area (Å²) < 4.78 is 29.1. The zero-order valence-electron chi connectivity index (χ0n) is 22.8. The Kier molecular flexibility index (Phi) is 9.69. The topological polar surface area (TPSA) is 86.8 Å². The first-order valence-corrected chi connectivity index (χ1v) is 14.3. The number of anilines is 1. The van der Waals surface area contributed by atoms with Gasteiger partial charge < -0.3 is 10.2 Å². The second kappa shape index (κ2) is 12.7. The molecule has 202 valence electrons. The maximum absolute atomic E-state index is 14.0. The highest BCUT2D eigenvalue weighted by molar-refractivity contribution is 7.92. The van der Waals surface area contributed by atoms with Crippen molar-refractivity contribution in [3.05, 3.63) is 95.1 Å². The summed E-state index contributed by atoms with van der Waals surface area (Å²) in [5, 5.41) is 2.82. The lowest BCUT2D eigenvalue weighted by molar-refractivity contribution is -0.140. The number of sulfonamides is 1. The molecule has 0 saturated heterocycles. The standard InChI is InChI=1S/C30H37N3O4S/c1-6-27(30(35)31-7-2)32(20-25-13-9-8-10-14-25)29(34)21-33(28-15-11-12-23(4)24(28)5)38(36,37)26-18-16-22(3)17-19-26/h8-19,27H,6-7,20-21H2,1-5H3,(H,31,35). The molecule has 0 fully saturated rings. The smallest absolute Gasteiger partial charge is 0.264 e. The van der Waals surface area contributed by atoms with E-state index in [1.165, 1.54) is 9.21 Å². The Hall–Kier alpha value is -3.65. The number of nitrogens with zero attached hydrogens (tertiary/aromatic N) is 2. The molecular formula is C30H37N3O4S. The normalized spacial score (nSPS) is 12.0. The van der Waals surface area contributed by atoms with Crippen molar-refractivity contribution in [2.75, 3.05) is 17.4 Å². The zero-order chi connectivity index (χ0) is 27.9. The van der Waals surface area contributed by atoms with Gasteiger partial charge in [0.2, 0.25) is 11.8 Å². The van der Waals surface area contributed by atoms with E-state index in [2.05, 4.69) is 5.32 Å². The second-order valence-corrected chi connectivity index (χ2v) is 11.2. The molecule has 3 rings (SSSR count). The van der Waals surface area contributed by atoms with Crippen molar-refractivity contribution in [3.63, 3.8) is 0 Å². The summed E-state index contributed by atoms with van der Waals surface area (Å²) in [7, 11) is -4.09. The molecule has 0 aliphatic rings. The van der Waals surface area contributed by atoms with Gasteiger partial charge in [-0.05, 0) is 69.0 Å². The highest BCUT2D eigenvalue weighted by Crippen LogP contribution is 2.29. The van der Waals surface area contributed by atoms with Crippen LogP contribution in [0.25, 0.3) is 0 Å². The maximum atomic E-state index is 14.0. The zero-order valence-corrected chi connectivity index (χ0v) is 23.6. The highest BCUT2D eigenvalue weighted by Gasteiger charge is 2.34. The van der Waals surface area contributed by atoms with Crippen LogP contribution in [0.5, 0.6) is 0 Å². The van der Waals surface area contributed by atoms with Gasteiger partial charge in [0.25, 0.3) is 10.0 Å². The van der Waals surface area contributed by atoms with E-state index in [0.29, 0.717) is 18.7 Å². The molecule has 0 aromatic heterocycles. The van der Waals surface area contributed by atoms with Crippen molar-refractivity contribution in [1.82, 2.24) is 10.2 Å². The van der Waals surface area contributed by atoms with Gasteiger partial charge in [-0.25, -0.2) is 8.42 Å². The van der Waals surface area contributed by atoms with E-state index < -0.39 is 28.5 Å². The molecule has 2 amide bonds. The Morgan fingerprint density at radius 1 is 0.868 bits per heavy atom. The Labute approximate surface area is 226 Å². The highest BCUT2D eigenvalue weighted by atomic mass is 32.2. The van der Waals surface area contributed by atoms with Crippen LogP contribution in [0.4, 0.5) is 5.69 Å². The Morgan fingerprint density at radius 2 is 1.53 bits per heavy atom. The monoisotopic (exact) mass is 535 g/mol. The first-order chi connectivity index (χ1) is 18.1. The van der Waals surface area contributed by atoms with Crippen molar-refractivity contribution in [2.24, 2.45) is 0 Å². The molecule has 1 unspecified atom stereocenters. The fraction of sp³-hybridized carbons (Fsp3) is 0.333. The van der Waals surface area contributed by atoms with E-state index in [9.17, 15) is 18.0 Å². The summed E-state index contributed by atoms with van der Waals surface area (Å²) in [6.07, 6.45) is 0.387. The van der Waals surface area contributed by atoms with Gasteiger partial charge in [-0.15, -0.1) is 0 Å². The number of benzene rings is 3. The van der Waals surface area contributed by atoms with E-state index in [1.807, 2.05) is 71.0 Å². The summed E-state index contributed by atoms with van der Waals surface area (Å²) in [6, 6.07) is 20.6. The summed E-state index contributed by atoms with van der Waals surface area (Å²) in [5.41, 5.74) is 3.89. The number of likely N-dealkylation sites (N-methyl/N-ethyl adjacent to an activating group) is 1. The number of carbonyl (C=O) groups is 2. The third-order valence-electron chi connectivity index (χ3n) is 6.67. The fourth-order valence-electron chi connectivity index (χ4n) is 4.35. The van der Waals surface area contributed by atoms with Gasteiger partial charge in [0.05, 0.1) is 10.6 Å². The van der Waals surface area contributed by atoms with Crippen LogP contribution in [-0.2, 0) is 26.2 Å². The molecule has 1 atom stereocenters. The van der Waals surface area contributed by atoms with Crippen LogP contribution in [0.1, 0.15) is 42.5 Å². The lowest BCUT2D eigenvalue weighted by Crippen LogP contribution is -2.52. The lowest BCUT2D eigenvalue weighted by Gasteiger charge is -2.33. The van der Waals surface area contributed by atoms with Crippen LogP contribution in [0.15, 0.2) is 77.7 Å². The minimum atomic E-state index is -4.09. The minimum absolute atomic E-state index is 0.0992. The number of rotatable bonds is 11. The van der Waals surface area contributed by atoms with Crippen molar-refractivity contribution in [3.8, 4) is 0 Å². The Morgan fingerprint density at radius 3 is 2.13 bits per heavy atom. The van der Waals surface area contributed by atoms with Crippen molar-refractivity contribution >= 4 is 27.5 Å². The maximum Gasteiger partial charge on any atom is 0.264 e. The van der Waals surface area contributed by atoms with E-state index in [0.717, 1.165) is 22.3 Å². The minimum Gasteiger partial charge on any atom is -0.355 e. The third kappa shape index (κ3) is 6.61. The number of hydrogen-bond donors (Lipinski definition) is 1. The van der Waals surface area contributed by atoms with Crippen molar-refractivity contribution < 1.29 is 18.0 Å². The molecule has 7 nitrogen and oxygen atoms in total. The predicted octanol–water partition coefficient (Wildman–Crippen LogP) is 4.75. The largest absolute Gasteiger partial charge is 0.355 e. The molecule has 0 radical (unpaired) electrons. The average molecular weight is 536 g/mol. The van der Waals surface area contributed by atoms with Crippen LogP contribution in [-0.4, -0.2) is 44.3 Å². The van der Waals surface area contributed by atoms with E-state index in [1.54, 1.807) is 36.4 Å². The molecule has 0 spiro atoms. The number of amides is 2. The van der Waals surface area contributed by atoms with Crippen molar-refractivity contribution in [2.45, 2.75) is 58.5 Å². The van der Waals surface area contributed by atoms with Gasteiger partial charge in [-0.3, -0.25) is 13.9 Å². The second-order valence-electron chi connectivity index (χ2n) is 9.37. The number of carbonyl (C=O) groups excluding carboxylic acids is 2. The number of hydrogen-bond acceptors (Lipinski definition) is 4. The summed E-state index contributed by atoms with van der Waals surface area (Å²) in [5.74, 6) is -0.720. The van der Waals surface area contributed by atoms with Gasteiger partial charge >= 0.3 is 0 Å². The summed E-state index contributed by atoms with van der Waals surface area (Å²) >= 11 is 0. The van der Waals surface area contributed by atoms with E-state index in [4.69, 9.17) is 0 Å². The van der Waals surface area contributed by atoms with Gasteiger partial charge in [-0.2, -0.15) is 0 Å². The van der Waals surface area contributed by atoms with Gasteiger partial charge in [0, 0.05) is 13.1 Å². The molecule has 0 heterocycles. The van der Waals surface area contributed by atoms with Crippen LogP contribution < -0.4 is 9.62 Å². The molecule has 0 saturated carbocycles. The number of aryl methyl sites for hydroxylation is 2. The Bertz CT molecular complexity index is 1360. The first-order valence-electron chi connectivity index (χ1n) is 12.9. The molecular weight excluding hydrogens is 498 g/mol. The SMILES string of the molecule is CCNC(=O)C(CC)N(Cc1ccccc1)C(=O)CN(c1cccc(C)c1C)S(=O)(=O)c1ccc(C)cc1. The molecule has 0 bridgehead atoms. The lowest BCUT2D eigenvalue weighted by atomic mass is 10.1. The van der Waals surface area contributed by atoms with Crippen molar-refractivity contribution in [1.29, 1.82) is 0 Å². The average Bonchev–Trinajstić information content (AvgIpc) is 2.90. The third-order valence-corrected chi connectivity index (χ3v) is 8.44. The van der Waals surface area contributed by atoms with Gasteiger partial charge in [-0.1, -0.05) is 67.1 Å². The summed E-state index contributed by atoms with van der Waals surface area (Å²) in [6.45, 7) is 9.47. The molecule has 0 aliphatic carbocycles. The number of nitrogens with one attached hydrogen (secondary N) is 1. The van der Waals surface area contributed by atoms with Gasteiger partial charge in [0.15, 0.2) is 0 Å². The molecule has 8 heteroatoms. The predicted molar refractivity (Wildman–Crippen MR) is 151 cm³/mol. The molecule has 1 N–H and O–H groups in total. The van der Waals surface area contributed by atoms with E-state index in [-0.39, 0.29) is 17.3 Å². The van der Waals surface area contributed by atoms with E-state index >= 15 is 0 Å².